The monoisotopic (exact) mass is 323 g/mol. The van der Waals surface area contributed by atoms with E-state index in [-0.39, 0.29) is 6.61 Å². The summed E-state index contributed by atoms with van der Waals surface area (Å²) in [5.41, 5.74) is 6.52. The smallest absolute Gasteiger partial charge is 0.168 e. The second-order valence-electron chi connectivity index (χ2n) is 3.82. The second kappa shape index (κ2) is 6.49. The number of halogens is 1. The number of nitrogen functional groups attached to an aromatic ring is 1. The Bertz CT molecular complexity index is 549. The SMILES string of the molecule is COCc1nc(COc2ccccc2)nc(N)c1Br. The number of anilines is 1. The van der Waals surface area contributed by atoms with E-state index in [1.807, 2.05) is 30.3 Å². The molecule has 0 bridgehead atoms. The quantitative estimate of drug-likeness (QED) is 0.915. The Morgan fingerprint density at radius 3 is 2.58 bits per heavy atom. The molecule has 6 heteroatoms. The zero-order valence-electron chi connectivity index (χ0n) is 10.5. The van der Waals surface area contributed by atoms with Crippen LogP contribution in [0.25, 0.3) is 0 Å². The number of benzene rings is 1. The molecule has 0 radical (unpaired) electrons. The molecule has 5 nitrogen and oxygen atoms in total. The van der Waals surface area contributed by atoms with Crippen LogP contribution in [0, 0.1) is 0 Å². The number of para-hydroxylation sites is 1. The number of ether oxygens (including phenoxy) is 2. The largest absolute Gasteiger partial charge is 0.486 e. The van der Waals surface area contributed by atoms with Gasteiger partial charge >= 0.3 is 0 Å². The summed E-state index contributed by atoms with van der Waals surface area (Å²) in [5, 5.41) is 0. The van der Waals surface area contributed by atoms with Gasteiger partial charge in [-0.05, 0) is 28.1 Å². The van der Waals surface area contributed by atoms with Crippen LogP contribution in [0.4, 0.5) is 5.82 Å². The van der Waals surface area contributed by atoms with Crippen LogP contribution in [0.5, 0.6) is 5.75 Å². The summed E-state index contributed by atoms with van der Waals surface area (Å²) in [6, 6.07) is 9.49. The van der Waals surface area contributed by atoms with E-state index in [4.69, 9.17) is 15.2 Å². The van der Waals surface area contributed by atoms with Gasteiger partial charge in [-0.2, -0.15) is 0 Å². The number of methoxy groups -OCH3 is 1. The minimum atomic E-state index is 0.262. The number of nitrogens with two attached hydrogens (primary N) is 1. The molecule has 0 atom stereocenters. The summed E-state index contributed by atoms with van der Waals surface area (Å²) in [4.78, 5) is 8.52. The lowest BCUT2D eigenvalue weighted by Crippen LogP contribution is -2.08. The number of aromatic nitrogens is 2. The lowest BCUT2D eigenvalue weighted by atomic mass is 10.3. The van der Waals surface area contributed by atoms with Gasteiger partial charge in [0.2, 0.25) is 0 Å². The first kappa shape index (κ1) is 13.8. The van der Waals surface area contributed by atoms with Gasteiger partial charge in [0.25, 0.3) is 0 Å². The molecule has 0 spiro atoms. The molecule has 0 saturated carbocycles. The van der Waals surface area contributed by atoms with Crippen LogP contribution in [0.2, 0.25) is 0 Å². The molecule has 0 aliphatic carbocycles. The molecule has 0 aliphatic heterocycles. The van der Waals surface area contributed by atoms with Gasteiger partial charge in [0.1, 0.15) is 18.2 Å². The van der Waals surface area contributed by atoms with Gasteiger partial charge < -0.3 is 15.2 Å². The third kappa shape index (κ3) is 3.65. The molecule has 1 aromatic carbocycles. The third-order valence-electron chi connectivity index (χ3n) is 2.38. The first-order chi connectivity index (χ1) is 9.20. The minimum absolute atomic E-state index is 0.262. The summed E-state index contributed by atoms with van der Waals surface area (Å²) in [7, 11) is 1.60. The molecule has 0 unspecified atom stereocenters. The van der Waals surface area contributed by atoms with E-state index >= 15 is 0 Å². The van der Waals surface area contributed by atoms with E-state index in [1.54, 1.807) is 7.11 Å². The van der Waals surface area contributed by atoms with Gasteiger partial charge in [0.15, 0.2) is 5.82 Å². The maximum absolute atomic E-state index is 5.81. The normalized spacial score (nSPS) is 10.4. The summed E-state index contributed by atoms with van der Waals surface area (Å²) in [5.74, 6) is 1.67. The molecule has 2 aromatic rings. The highest BCUT2D eigenvalue weighted by Crippen LogP contribution is 2.22. The first-order valence-electron chi connectivity index (χ1n) is 5.68. The molecule has 0 amide bonds. The second-order valence-corrected chi connectivity index (χ2v) is 4.61. The minimum Gasteiger partial charge on any atom is -0.486 e. The standard InChI is InChI=1S/C13H14BrN3O2/c1-18-7-10-12(14)13(15)17-11(16-10)8-19-9-5-3-2-4-6-9/h2-6H,7-8H2,1H3,(H2,15,16,17). The number of hydrogen-bond acceptors (Lipinski definition) is 5. The zero-order valence-corrected chi connectivity index (χ0v) is 12.1. The first-order valence-corrected chi connectivity index (χ1v) is 6.47. The maximum atomic E-state index is 5.81. The van der Waals surface area contributed by atoms with E-state index in [0.29, 0.717) is 28.4 Å². The van der Waals surface area contributed by atoms with Crippen LogP contribution in [-0.4, -0.2) is 17.1 Å². The van der Waals surface area contributed by atoms with Crippen molar-refractivity contribution in [2.45, 2.75) is 13.2 Å². The van der Waals surface area contributed by atoms with Gasteiger partial charge in [-0.15, -0.1) is 0 Å². The Hall–Kier alpha value is -1.66. The summed E-state index contributed by atoms with van der Waals surface area (Å²) in [6.07, 6.45) is 0. The molecule has 0 fully saturated rings. The Balaban J connectivity index is 2.12. The van der Waals surface area contributed by atoms with E-state index in [9.17, 15) is 0 Å². The fraction of sp³-hybridized carbons (Fsp3) is 0.231. The molecular formula is C13H14BrN3O2. The van der Waals surface area contributed by atoms with Crippen molar-refractivity contribution in [2.24, 2.45) is 0 Å². The molecule has 19 heavy (non-hydrogen) atoms. The van der Waals surface area contributed by atoms with Gasteiger partial charge in [-0.25, -0.2) is 9.97 Å². The highest BCUT2D eigenvalue weighted by Gasteiger charge is 2.10. The molecule has 0 saturated heterocycles. The van der Waals surface area contributed by atoms with Crippen LogP contribution in [0.15, 0.2) is 34.8 Å². The number of hydrogen-bond donors (Lipinski definition) is 1. The summed E-state index contributed by atoms with van der Waals surface area (Å²) < 4.78 is 11.3. The van der Waals surface area contributed by atoms with Crippen molar-refractivity contribution in [2.75, 3.05) is 12.8 Å². The summed E-state index contributed by atoms with van der Waals surface area (Å²) in [6.45, 7) is 0.629. The van der Waals surface area contributed by atoms with Crippen molar-refractivity contribution < 1.29 is 9.47 Å². The molecular weight excluding hydrogens is 310 g/mol. The van der Waals surface area contributed by atoms with Crippen molar-refractivity contribution in [3.8, 4) is 5.75 Å². The molecule has 2 N–H and O–H groups in total. The topological polar surface area (TPSA) is 70.3 Å². The van der Waals surface area contributed by atoms with E-state index < -0.39 is 0 Å². The van der Waals surface area contributed by atoms with Gasteiger partial charge in [0, 0.05) is 7.11 Å². The molecule has 0 aliphatic rings. The highest BCUT2D eigenvalue weighted by molar-refractivity contribution is 9.10. The molecule has 100 valence electrons. The van der Waals surface area contributed by atoms with Crippen LogP contribution in [0.3, 0.4) is 0 Å². The van der Waals surface area contributed by atoms with Gasteiger partial charge in [0.05, 0.1) is 16.8 Å². The Kier molecular flexibility index (Phi) is 4.70. The lowest BCUT2D eigenvalue weighted by molar-refractivity contribution is 0.180. The average Bonchev–Trinajstić information content (AvgIpc) is 2.43. The number of nitrogens with zero attached hydrogens (tertiary/aromatic N) is 2. The van der Waals surface area contributed by atoms with E-state index in [0.717, 1.165) is 5.75 Å². The molecule has 1 heterocycles. The van der Waals surface area contributed by atoms with Crippen LogP contribution in [0.1, 0.15) is 11.5 Å². The van der Waals surface area contributed by atoms with Crippen LogP contribution >= 0.6 is 15.9 Å². The number of rotatable bonds is 5. The predicted molar refractivity (Wildman–Crippen MR) is 75.6 cm³/mol. The fourth-order valence-corrected chi connectivity index (χ4v) is 1.82. The summed E-state index contributed by atoms with van der Waals surface area (Å²) >= 11 is 3.34. The Morgan fingerprint density at radius 2 is 1.89 bits per heavy atom. The van der Waals surface area contributed by atoms with Crippen LogP contribution in [-0.2, 0) is 18.0 Å². The van der Waals surface area contributed by atoms with Crippen molar-refractivity contribution in [1.82, 2.24) is 9.97 Å². The highest BCUT2D eigenvalue weighted by atomic mass is 79.9. The van der Waals surface area contributed by atoms with Crippen molar-refractivity contribution >= 4 is 21.7 Å². The Morgan fingerprint density at radius 1 is 1.16 bits per heavy atom. The lowest BCUT2D eigenvalue weighted by Gasteiger charge is -2.09. The van der Waals surface area contributed by atoms with Gasteiger partial charge in [-0.1, -0.05) is 18.2 Å². The van der Waals surface area contributed by atoms with Crippen molar-refractivity contribution in [1.29, 1.82) is 0 Å². The fourth-order valence-electron chi connectivity index (χ4n) is 1.53. The predicted octanol–water partition coefficient (Wildman–Crippen LogP) is 2.55. The molecule has 2 rings (SSSR count). The van der Waals surface area contributed by atoms with Crippen molar-refractivity contribution in [3.63, 3.8) is 0 Å². The van der Waals surface area contributed by atoms with E-state index in [1.165, 1.54) is 0 Å². The van der Waals surface area contributed by atoms with Gasteiger partial charge in [-0.3, -0.25) is 0 Å². The average molecular weight is 324 g/mol. The van der Waals surface area contributed by atoms with E-state index in [2.05, 4.69) is 25.9 Å². The van der Waals surface area contributed by atoms with Crippen LogP contribution < -0.4 is 10.5 Å². The molecule has 1 aromatic heterocycles. The maximum Gasteiger partial charge on any atom is 0.168 e. The third-order valence-corrected chi connectivity index (χ3v) is 3.25. The van der Waals surface area contributed by atoms with Crippen molar-refractivity contribution in [3.05, 3.63) is 46.3 Å². The Labute approximate surface area is 119 Å². The zero-order chi connectivity index (χ0) is 13.7.